The van der Waals surface area contributed by atoms with Crippen molar-refractivity contribution in [2.75, 3.05) is 76.7 Å². The van der Waals surface area contributed by atoms with E-state index in [9.17, 15) is 9.59 Å². The molecule has 2 aromatic heterocycles. The number of hydrogen-bond acceptors (Lipinski definition) is 9. The third-order valence-corrected chi connectivity index (χ3v) is 9.56. The van der Waals surface area contributed by atoms with Crippen molar-refractivity contribution >= 4 is 57.3 Å². The Morgan fingerprint density at radius 1 is 0.812 bits per heavy atom. The number of carbonyl (C=O) groups excluding carboxylic acids is 1. The zero-order valence-corrected chi connectivity index (χ0v) is 28.2. The summed E-state index contributed by atoms with van der Waals surface area (Å²) in [4.78, 5) is 45.5. The van der Waals surface area contributed by atoms with Gasteiger partial charge < -0.3 is 24.9 Å². The van der Waals surface area contributed by atoms with Gasteiger partial charge in [0.1, 0.15) is 16.9 Å². The topological polar surface area (TPSA) is 103 Å². The summed E-state index contributed by atoms with van der Waals surface area (Å²) in [5, 5.41) is 8.81. The molecule has 1 N–H and O–H groups in total. The zero-order valence-electron chi connectivity index (χ0n) is 26.7. The number of rotatable bonds is 6. The number of anilines is 3. The number of carbonyl (C=O) groups is 1. The number of nitrogens with one attached hydrogen (secondary N) is 1. The van der Waals surface area contributed by atoms with E-state index in [4.69, 9.17) is 33.3 Å². The molecule has 246 valence electrons. The fourth-order valence-corrected chi connectivity index (χ4v) is 6.62. The number of nitrogens with zero attached hydrogens (tertiary/aromatic N) is 8. The second-order valence-corrected chi connectivity index (χ2v) is 13.0. The van der Waals surface area contributed by atoms with E-state index in [0.717, 1.165) is 50.6 Å². The van der Waals surface area contributed by atoms with Crippen LogP contribution in [-0.4, -0.2) is 107 Å². The molecule has 48 heavy (non-hydrogen) atoms. The Hall–Kier alpha value is -4.55. The quantitative estimate of drug-likeness (QED) is 0.264. The molecule has 11 nitrogen and oxygen atoms in total. The first-order chi connectivity index (χ1) is 23.2. The summed E-state index contributed by atoms with van der Waals surface area (Å²) in [6.07, 6.45) is 1.48. The largest absolute Gasteiger partial charge is 0.369 e. The number of fused-ring (bicyclic) bond motifs is 1. The van der Waals surface area contributed by atoms with E-state index >= 15 is 0 Å². The molecule has 0 saturated carbocycles. The molecule has 13 heteroatoms. The summed E-state index contributed by atoms with van der Waals surface area (Å²) < 4.78 is 1.19. The van der Waals surface area contributed by atoms with Gasteiger partial charge in [0.25, 0.3) is 11.5 Å². The number of benzene rings is 3. The van der Waals surface area contributed by atoms with Crippen LogP contribution < -0.4 is 15.8 Å². The highest BCUT2D eigenvalue weighted by molar-refractivity contribution is 6.37. The van der Waals surface area contributed by atoms with Crippen molar-refractivity contribution < 1.29 is 4.79 Å². The van der Waals surface area contributed by atoms with E-state index in [1.165, 1.54) is 10.9 Å². The zero-order chi connectivity index (χ0) is 33.4. The fraction of sp³-hybridized carbons (Fsp3) is 0.286. The summed E-state index contributed by atoms with van der Waals surface area (Å²) in [7, 11) is 4.19. The molecule has 2 aliphatic heterocycles. The van der Waals surface area contributed by atoms with Gasteiger partial charge in [-0.25, -0.2) is 9.97 Å². The van der Waals surface area contributed by atoms with Crippen LogP contribution in [0, 0.1) is 0 Å². The van der Waals surface area contributed by atoms with Crippen molar-refractivity contribution in [3.05, 3.63) is 98.9 Å². The predicted octanol–water partition coefficient (Wildman–Crippen LogP) is 5.03. The third-order valence-electron chi connectivity index (χ3n) is 8.95. The Balaban J connectivity index is 1.29. The SMILES string of the molecule is CN1CCN(C(=O)c2cccc(-c3nn(-c4c(Cl)cccc4Cl)c(=O)c4cnc(Nc5ccc(N6CCN(C)CC6)cc5)nc34)c2)CC1. The van der Waals surface area contributed by atoms with E-state index in [0.29, 0.717) is 41.4 Å². The summed E-state index contributed by atoms with van der Waals surface area (Å²) in [5.41, 5.74) is 3.57. The highest BCUT2D eigenvalue weighted by Crippen LogP contribution is 2.31. The Labute approximate surface area is 288 Å². The van der Waals surface area contributed by atoms with Crippen LogP contribution >= 0.6 is 23.2 Å². The first kappa shape index (κ1) is 32.0. The molecule has 2 fully saturated rings. The highest BCUT2D eigenvalue weighted by Gasteiger charge is 2.23. The predicted molar refractivity (Wildman–Crippen MR) is 191 cm³/mol. The van der Waals surface area contributed by atoms with Gasteiger partial charge in [-0.2, -0.15) is 9.78 Å². The molecule has 0 unspecified atom stereocenters. The van der Waals surface area contributed by atoms with Gasteiger partial charge in [-0.3, -0.25) is 9.59 Å². The van der Waals surface area contributed by atoms with E-state index in [1.54, 1.807) is 30.3 Å². The van der Waals surface area contributed by atoms with Gasteiger partial charge in [-0.05, 0) is 62.6 Å². The van der Waals surface area contributed by atoms with Crippen molar-refractivity contribution in [3.63, 3.8) is 0 Å². The van der Waals surface area contributed by atoms with Crippen LogP contribution in [0.4, 0.5) is 17.3 Å². The molecule has 2 saturated heterocycles. The number of piperazine rings is 2. The van der Waals surface area contributed by atoms with Crippen LogP contribution in [0.15, 0.2) is 77.7 Å². The van der Waals surface area contributed by atoms with Crippen molar-refractivity contribution in [3.8, 4) is 16.9 Å². The van der Waals surface area contributed by atoms with Crippen LogP contribution in [-0.2, 0) is 0 Å². The maximum atomic E-state index is 13.9. The van der Waals surface area contributed by atoms with Crippen molar-refractivity contribution in [1.82, 2.24) is 34.4 Å². The van der Waals surface area contributed by atoms with Crippen LogP contribution in [0.3, 0.4) is 0 Å². The first-order valence-corrected chi connectivity index (χ1v) is 16.6. The molecular weight excluding hydrogens is 649 g/mol. The van der Waals surface area contributed by atoms with Crippen LogP contribution in [0.1, 0.15) is 10.4 Å². The van der Waals surface area contributed by atoms with Crippen molar-refractivity contribution in [1.29, 1.82) is 0 Å². The minimum atomic E-state index is -0.475. The molecule has 3 aromatic carbocycles. The van der Waals surface area contributed by atoms with Gasteiger partial charge in [0.05, 0.1) is 15.4 Å². The van der Waals surface area contributed by atoms with Gasteiger partial charge in [0.2, 0.25) is 5.95 Å². The molecule has 4 heterocycles. The Morgan fingerprint density at radius 2 is 1.46 bits per heavy atom. The Morgan fingerprint density at radius 3 is 2.15 bits per heavy atom. The van der Waals surface area contributed by atoms with Gasteiger partial charge in [0.15, 0.2) is 0 Å². The summed E-state index contributed by atoms with van der Waals surface area (Å²) >= 11 is 13.1. The number of likely N-dealkylation sites (N-methyl/N-ethyl adjacent to an activating group) is 2. The fourth-order valence-electron chi connectivity index (χ4n) is 6.06. The van der Waals surface area contributed by atoms with E-state index < -0.39 is 5.56 Å². The second-order valence-electron chi connectivity index (χ2n) is 12.2. The van der Waals surface area contributed by atoms with Crippen LogP contribution in [0.2, 0.25) is 10.0 Å². The minimum absolute atomic E-state index is 0.0614. The number of aromatic nitrogens is 4. The molecule has 0 radical (unpaired) electrons. The lowest BCUT2D eigenvalue weighted by Crippen LogP contribution is -2.47. The number of para-hydroxylation sites is 1. The van der Waals surface area contributed by atoms with Crippen molar-refractivity contribution in [2.45, 2.75) is 0 Å². The van der Waals surface area contributed by atoms with E-state index in [2.05, 4.69) is 44.2 Å². The Kier molecular flexibility index (Phi) is 9.02. The van der Waals surface area contributed by atoms with E-state index in [-0.39, 0.29) is 27.0 Å². The van der Waals surface area contributed by atoms with Gasteiger partial charge in [0, 0.05) is 81.1 Å². The number of amides is 1. The lowest BCUT2D eigenvalue weighted by atomic mass is 10.0. The summed E-state index contributed by atoms with van der Waals surface area (Å²) in [5.74, 6) is 0.240. The molecule has 0 spiro atoms. The summed E-state index contributed by atoms with van der Waals surface area (Å²) in [6, 6.07) is 20.4. The molecule has 0 atom stereocenters. The monoisotopic (exact) mass is 683 g/mol. The Bertz CT molecular complexity index is 2020. The molecule has 0 bridgehead atoms. The lowest BCUT2D eigenvalue weighted by molar-refractivity contribution is 0.0664. The van der Waals surface area contributed by atoms with E-state index in [1.807, 2.05) is 36.2 Å². The molecule has 0 aliphatic carbocycles. The average molecular weight is 685 g/mol. The molecule has 1 amide bonds. The first-order valence-electron chi connectivity index (χ1n) is 15.9. The molecular formula is C35H35Cl2N9O2. The molecule has 7 rings (SSSR count). The van der Waals surface area contributed by atoms with Gasteiger partial charge in [-0.15, -0.1) is 0 Å². The average Bonchev–Trinajstić information content (AvgIpc) is 3.10. The number of halogens is 2. The maximum absolute atomic E-state index is 13.9. The van der Waals surface area contributed by atoms with Crippen LogP contribution in [0.5, 0.6) is 0 Å². The van der Waals surface area contributed by atoms with Crippen LogP contribution in [0.25, 0.3) is 27.8 Å². The normalized spacial score (nSPS) is 16.0. The third kappa shape index (κ3) is 6.46. The second kappa shape index (κ2) is 13.5. The summed E-state index contributed by atoms with van der Waals surface area (Å²) in [6.45, 7) is 6.93. The lowest BCUT2D eigenvalue weighted by Gasteiger charge is -2.34. The standard InChI is InChI=1S/C35H35Cl2N9O2/c1-42-13-17-44(18-14-42)26-11-9-25(10-12-26)39-35-38-22-27-31(40-35)30(41-46(34(27)48)32-28(36)7-4-8-29(32)37)23-5-3-6-24(21-23)33(47)45-19-15-43(2)16-20-45/h3-12,21-22H,13-20H2,1-2H3,(H,38,39,40). The van der Waals surface area contributed by atoms with Gasteiger partial charge in [-0.1, -0.05) is 41.4 Å². The smallest absolute Gasteiger partial charge is 0.282 e. The highest BCUT2D eigenvalue weighted by atomic mass is 35.5. The van der Waals surface area contributed by atoms with Gasteiger partial charge >= 0.3 is 0 Å². The number of hydrogen-bond donors (Lipinski definition) is 1. The maximum Gasteiger partial charge on any atom is 0.282 e. The molecule has 2 aliphatic rings. The molecule has 5 aromatic rings. The minimum Gasteiger partial charge on any atom is -0.369 e. The van der Waals surface area contributed by atoms with Crippen molar-refractivity contribution in [2.24, 2.45) is 0 Å².